The van der Waals surface area contributed by atoms with Crippen LogP contribution in [0.5, 0.6) is 5.75 Å². The molecule has 1 fully saturated rings. The molecule has 14 heteroatoms. The van der Waals surface area contributed by atoms with Gasteiger partial charge in [-0.2, -0.15) is 0 Å². The predicted molar refractivity (Wildman–Crippen MR) is 187 cm³/mol. The number of carbonyl (C=O) groups excluding carboxylic acids is 3. The second-order valence-electron chi connectivity index (χ2n) is 11.4. The molecular formula is C34H40Cl2N8O4. The minimum atomic E-state index is -0.339. The highest BCUT2D eigenvalue weighted by Gasteiger charge is 2.22. The van der Waals surface area contributed by atoms with Crippen LogP contribution in [0, 0.1) is 0 Å². The van der Waals surface area contributed by atoms with Gasteiger partial charge in [0.2, 0.25) is 11.8 Å². The van der Waals surface area contributed by atoms with E-state index in [9.17, 15) is 14.4 Å². The zero-order valence-corrected chi connectivity index (χ0v) is 28.9. The fraction of sp³-hybridized carbons (Fsp3) is 0.382. The first kappa shape index (κ1) is 34.9. The van der Waals surface area contributed by atoms with E-state index in [4.69, 9.17) is 32.9 Å². The highest BCUT2D eigenvalue weighted by Crippen LogP contribution is 2.35. The summed E-state index contributed by atoms with van der Waals surface area (Å²) in [4.78, 5) is 52.0. The Bertz CT molecular complexity index is 1760. The number of nitrogens with one attached hydrogen (secondary N) is 2. The van der Waals surface area contributed by atoms with Gasteiger partial charge in [0.05, 0.1) is 35.0 Å². The second kappa shape index (κ2) is 16.1. The van der Waals surface area contributed by atoms with E-state index in [-0.39, 0.29) is 42.4 Å². The molecule has 2 N–H and O–H groups in total. The lowest BCUT2D eigenvalue weighted by molar-refractivity contribution is -0.125. The molecule has 12 nitrogen and oxygen atoms in total. The minimum absolute atomic E-state index is 0.0509. The SMILES string of the molecule is CCc1nc2c(OCc3c(Cl)ccc(N(C)C(=O)CNC(=O)CCN4CCN(C(=O)NC)CC4)c3Cl)cccc2n1Cc1ccccn1. The molecule has 2 aromatic heterocycles. The Morgan fingerprint density at radius 3 is 2.52 bits per heavy atom. The lowest BCUT2D eigenvalue weighted by Gasteiger charge is -2.34. The molecule has 5 rings (SSSR count). The van der Waals surface area contributed by atoms with Crippen molar-refractivity contribution in [1.82, 2.24) is 35.0 Å². The molecule has 0 spiro atoms. The number of ether oxygens (including phenoxy) is 1. The van der Waals surface area contributed by atoms with Gasteiger partial charge in [0.15, 0.2) is 0 Å². The van der Waals surface area contributed by atoms with E-state index in [0.717, 1.165) is 29.0 Å². The second-order valence-corrected chi connectivity index (χ2v) is 12.2. The number of imidazole rings is 1. The third-order valence-electron chi connectivity index (χ3n) is 8.42. The Kier molecular flexibility index (Phi) is 11.7. The molecule has 48 heavy (non-hydrogen) atoms. The highest BCUT2D eigenvalue weighted by molar-refractivity contribution is 6.38. The first-order chi connectivity index (χ1) is 23.2. The molecule has 4 amide bonds. The summed E-state index contributed by atoms with van der Waals surface area (Å²) in [6.07, 6.45) is 2.76. The maximum Gasteiger partial charge on any atom is 0.317 e. The first-order valence-electron chi connectivity index (χ1n) is 15.9. The zero-order valence-electron chi connectivity index (χ0n) is 27.3. The van der Waals surface area contributed by atoms with Crippen LogP contribution in [0.4, 0.5) is 10.5 Å². The molecule has 0 radical (unpaired) electrons. The van der Waals surface area contributed by atoms with Gasteiger partial charge in [0.1, 0.15) is 23.7 Å². The average molecular weight is 696 g/mol. The summed E-state index contributed by atoms with van der Waals surface area (Å²) < 4.78 is 8.40. The van der Waals surface area contributed by atoms with E-state index < -0.39 is 0 Å². The average Bonchev–Trinajstić information content (AvgIpc) is 3.47. The normalized spacial score (nSPS) is 13.4. The molecule has 1 saturated heterocycles. The van der Waals surface area contributed by atoms with Gasteiger partial charge in [0, 0.05) is 76.4 Å². The Hall–Kier alpha value is -4.39. The molecule has 2 aromatic carbocycles. The van der Waals surface area contributed by atoms with Crippen LogP contribution in [0.3, 0.4) is 0 Å². The topological polar surface area (TPSA) is 125 Å². The molecule has 4 aromatic rings. The number of pyridine rings is 1. The minimum Gasteiger partial charge on any atom is -0.486 e. The van der Waals surface area contributed by atoms with E-state index in [1.165, 1.54) is 4.90 Å². The maximum atomic E-state index is 13.1. The molecule has 0 saturated carbocycles. The number of hydrogen-bond acceptors (Lipinski definition) is 7. The van der Waals surface area contributed by atoms with E-state index >= 15 is 0 Å². The van der Waals surface area contributed by atoms with Crippen LogP contribution in [-0.2, 0) is 29.2 Å². The van der Waals surface area contributed by atoms with Crippen molar-refractivity contribution in [3.05, 3.63) is 81.9 Å². The van der Waals surface area contributed by atoms with Crippen molar-refractivity contribution in [2.75, 3.05) is 58.3 Å². The van der Waals surface area contributed by atoms with Gasteiger partial charge in [-0.15, -0.1) is 0 Å². The summed E-state index contributed by atoms with van der Waals surface area (Å²) in [7, 11) is 3.21. The van der Waals surface area contributed by atoms with Crippen molar-refractivity contribution in [2.24, 2.45) is 0 Å². The lowest BCUT2D eigenvalue weighted by atomic mass is 10.2. The lowest BCUT2D eigenvalue weighted by Crippen LogP contribution is -2.51. The molecule has 1 aliphatic heterocycles. The number of aromatic nitrogens is 3. The molecule has 3 heterocycles. The van der Waals surface area contributed by atoms with Crippen molar-refractivity contribution in [2.45, 2.75) is 32.9 Å². The third-order valence-corrected chi connectivity index (χ3v) is 9.20. The van der Waals surface area contributed by atoms with E-state index in [1.807, 2.05) is 36.4 Å². The maximum absolute atomic E-state index is 13.1. The van der Waals surface area contributed by atoms with Crippen LogP contribution >= 0.6 is 23.2 Å². The molecule has 254 valence electrons. The van der Waals surface area contributed by atoms with Crippen LogP contribution in [0.15, 0.2) is 54.7 Å². The molecule has 0 bridgehead atoms. The van der Waals surface area contributed by atoms with Crippen molar-refractivity contribution in [3.63, 3.8) is 0 Å². The smallest absolute Gasteiger partial charge is 0.317 e. The number of benzene rings is 2. The largest absolute Gasteiger partial charge is 0.486 e. The summed E-state index contributed by atoms with van der Waals surface area (Å²) in [5, 5.41) is 6.01. The van der Waals surface area contributed by atoms with Crippen LogP contribution in [0.1, 0.15) is 30.4 Å². The van der Waals surface area contributed by atoms with Gasteiger partial charge in [-0.1, -0.05) is 42.3 Å². The standard InChI is InChI=1S/C34H40Cl2N8O4/c1-4-29-40-33-27(44(29)21-23-8-5-6-14-38-23)9-7-10-28(33)48-22-24-25(35)11-12-26(32(24)36)41(3)31(46)20-39-30(45)13-15-42-16-18-43(19-17-42)34(47)37-2/h5-12,14H,4,13,15-22H2,1-3H3,(H,37,47)(H,39,45). The van der Waals surface area contributed by atoms with Gasteiger partial charge in [0.25, 0.3) is 0 Å². The molecule has 0 aliphatic carbocycles. The Morgan fingerprint density at radius 2 is 1.81 bits per heavy atom. The first-order valence-corrected chi connectivity index (χ1v) is 16.7. The van der Waals surface area contributed by atoms with Crippen LogP contribution in [-0.4, -0.2) is 95.5 Å². The van der Waals surface area contributed by atoms with Gasteiger partial charge in [-0.25, -0.2) is 9.78 Å². The number of likely N-dealkylation sites (N-methyl/N-ethyl adjacent to an activating group) is 1. The number of aryl methyl sites for hydroxylation is 1. The number of urea groups is 1. The molecule has 1 aliphatic rings. The van der Waals surface area contributed by atoms with Crippen LogP contribution in [0.2, 0.25) is 10.0 Å². The van der Waals surface area contributed by atoms with E-state index in [2.05, 4.69) is 32.0 Å². The van der Waals surface area contributed by atoms with Gasteiger partial charge < -0.3 is 29.7 Å². The zero-order chi connectivity index (χ0) is 34.2. The fourth-order valence-electron chi connectivity index (χ4n) is 5.62. The Morgan fingerprint density at radius 1 is 1.02 bits per heavy atom. The summed E-state index contributed by atoms with van der Waals surface area (Å²) in [5.41, 5.74) is 3.55. The van der Waals surface area contributed by atoms with Crippen LogP contribution < -0.4 is 20.3 Å². The molecule has 0 unspecified atom stereocenters. The number of rotatable bonds is 12. The predicted octanol–water partition coefficient (Wildman–Crippen LogP) is 4.35. The number of amides is 4. The highest BCUT2D eigenvalue weighted by atomic mass is 35.5. The van der Waals surface area contributed by atoms with Crippen molar-refractivity contribution >= 4 is 57.8 Å². The Labute approximate surface area is 290 Å². The quantitative estimate of drug-likeness (QED) is 0.226. The number of piperazine rings is 1. The van der Waals surface area contributed by atoms with Crippen molar-refractivity contribution < 1.29 is 19.1 Å². The van der Waals surface area contributed by atoms with Gasteiger partial charge >= 0.3 is 6.03 Å². The molecule has 0 atom stereocenters. The number of nitrogens with zero attached hydrogens (tertiary/aromatic N) is 6. The van der Waals surface area contributed by atoms with Crippen molar-refractivity contribution in [1.29, 1.82) is 0 Å². The van der Waals surface area contributed by atoms with E-state index in [1.54, 1.807) is 37.3 Å². The summed E-state index contributed by atoms with van der Waals surface area (Å²) in [5.74, 6) is 0.927. The summed E-state index contributed by atoms with van der Waals surface area (Å²) in [6.45, 7) is 5.64. The third kappa shape index (κ3) is 8.18. The number of halogens is 2. The summed E-state index contributed by atoms with van der Waals surface area (Å²) >= 11 is 13.4. The number of hydrogen-bond donors (Lipinski definition) is 2. The van der Waals surface area contributed by atoms with Gasteiger partial charge in [-0.05, 0) is 36.4 Å². The number of anilines is 1. The van der Waals surface area contributed by atoms with Crippen molar-refractivity contribution in [3.8, 4) is 5.75 Å². The monoisotopic (exact) mass is 694 g/mol. The summed E-state index contributed by atoms with van der Waals surface area (Å²) in [6, 6.07) is 14.9. The number of carbonyl (C=O) groups is 3. The number of fused-ring (bicyclic) bond motifs is 1. The van der Waals surface area contributed by atoms with Crippen LogP contribution in [0.25, 0.3) is 11.0 Å². The Balaban J connectivity index is 1.19. The van der Waals surface area contributed by atoms with E-state index in [0.29, 0.717) is 61.3 Å². The fourth-order valence-corrected chi connectivity index (χ4v) is 6.23. The van der Waals surface area contributed by atoms with Gasteiger partial charge in [-0.3, -0.25) is 19.5 Å². The number of para-hydroxylation sites is 1. The molecular weight excluding hydrogens is 655 g/mol.